The predicted octanol–water partition coefficient (Wildman–Crippen LogP) is 3.16. The minimum Gasteiger partial charge on any atom is -0.454 e. The van der Waals surface area contributed by atoms with Crippen molar-refractivity contribution in [2.75, 3.05) is 26.9 Å². The first-order chi connectivity index (χ1) is 14.1. The van der Waals surface area contributed by atoms with Crippen LogP contribution in [0.2, 0.25) is 0 Å². The number of fused-ring (bicyclic) bond motifs is 1. The van der Waals surface area contributed by atoms with Gasteiger partial charge in [0.2, 0.25) is 6.79 Å². The number of amides is 1. The van der Waals surface area contributed by atoms with E-state index in [0.29, 0.717) is 13.1 Å². The van der Waals surface area contributed by atoms with Gasteiger partial charge in [0.15, 0.2) is 11.5 Å². The van der Waals surface area contributed by atoms with Crippen molar-refractivity contribution in [1.82, 2.24) is 9.80 Å². The van der Waals surface area contributed by atoms with Gasteiger partial charge in [0.25, 0.3) is 5.91 Å². The van der Waals surface area contributed by atoms with Crippen molar-refractivity contribution in [3.05, 3.63) is 70.9 Å². The van der Waals surface area contributed by atoms with E-state index in [2.05, 4.69) is 12.1 Å². The van der Waals surface area contributed by atoms with E-state index in [1.54, 1.807) is 0 Å². The van der Waals surface area contributed by atoms with Gasteiger partial charge in [0.05, 0.1) is 12.6 Å². The number of likely N-dealkylation sites (N-methyl/N-ethyl adjacent to an activating group) is 1. The summed E-state index contributed by atoms with van der Waals surface area (Å²) in [7, 11) is 1.98. The molecule has 0 spiro atoms. The highest BCUT2D eigenvalue weighted by Gasteiger charge is 2.43. The zero-order valence-electron chi connectivity index (χ0n) is 16.6. The first kappa shape index (κ1) is 17.8. The fraction of sp³-hybridized carbons (Fsp3) is 0.304. The Bertz CT molecular complexity index is 1030. The third-order valence-electron chi connectivity index (χ3n) is 5.77. The quantitative estimate of drug-likeness (QED) is 0.809. The van der Waals surface area contributed by atoms with Crippen molar-refractivity contribution in [2.45, 2.75) is 19.5 Å². The molecule has 1 unspecified atom stereocenters. The lowest BCUT2D eigenvalue weighted by Gasteiger charge is -2.28. The Kier molecular flexibility index (Phi) is 4.27. The van der Waals surface area contributed by atoms with Crippen LogP contribution >= 0.6 is 0 Å². The standard InChI is InChI=1S/C23H23N3O3/c1-15-20-21(17-8-9-18-19(12-17)29-14-28-18)26(13-16-6-4-3-5-7-16)23(27)22(20)25(2)11-10-24-15/h3-9,12,21H,10-11,13-14H2,1-2H3. The monoisotopic (exact) mass is 389 g/mol. The minimum atomic E-state index is -0.212. The second-order valence-electron chi connectivity index (χ2n) is 7.58. The molecule has 0 N–H and O–H groups in total. The van der Waals surface area contributed by atoms with E-state index in [0.717, 1.165) is 46.2 Å². The van der Waals surface area contributed by atoms with E-state index >= 15 is 0 Å². The number of aliphatic imine (C=N–C) groups is 1. The maximum absolute atomic E-state index is 13.6. The molecule has 0 saturated heterocycles. The van der Waals surface area contributed by atoms with E-state index in [1.165, 1.54) is 0 Å². The van der Waals surface area contributed by atoms with Crippen molar-refractivity contribution in [3.8, 4) is 11.5 Å². The van der Waals surface area contributed by atoms with Crippen molar-refractivity contribution in [2.24, 2.45) is 4.99 Å². The highest BCUT2D eigenvalue weighted by atomic mass is 16.7. The van der Waals surface area contributed by atoms with E-state index in [-0.39, 0.29) is 18.7 Å². The molecule has 3 aliphatic rings. The van der Waals surface area contributed by atoms with E-state index in [1.807, 2.05) is 60.2 Å². The number of carbonyl (C=O) groups excluding carboxylic acids is 1. The van der Waals surface area contributed by atoms with Gasteiger partial charge < -0.3 is 19.3 Å². The molecule has 2 aromatic rings. The number of carbonyl (C=O) groups is 1. The van der Waals surface area contributed by atoms with Crippen LogP contribution in [0.1, 0.15) is 24.1 Å². The molecule has 2 aromatic carbocycles. The number of hydrogen-bond donors (Lipinski definition) is 0. The first-order valence-electron chi connectivity index (χ1n) is 9.84. The number of nitrogens with zero attached hydrogens (tertiary/aromatic N) is 3. The summed E-state index contributed by atoms with van der Waals surface area (Å²) in [6, 6.07) is 15.8. The lowest BCUT2D eigenvalue weighted by atomic mass is 9.95. The molecule has 6 heteroatoms. The lowest BCUT2D eigenvalue weighted by Crippen LogP contribution is -2.34. The first-order valence-corrected chi connectivity index (χ1v) is 9.84. The molecule has 5 rings (SSSR count). The zero-order valence-corrected chi connectivity index (χ0v) is 16.6. The molecule has 0 fully saturated rings. The van der Waals surface area contributed by atoms with Crippen molar-refractivity contribution >= 4 is 11.6 Å². The Morgan fingerprint density at radius 3 is 2.72 bits per heavy atom. The molecule has 0 aromatic heterocycles. The summed E-state index contributed by atoms with van der Waals surface area (Å²) in [4.78, 5) is 22.3. The van der Waals surface area contributed by atoms with Crippen LogP contribution in [-0.2, 0) is 11.3 Å². The predicted molar refractivity (Wildman–Crippen MR) is 110 cm³/mol. The third kappa shape index (κ3) is 2.95. The van der Waals surface area contributed by atoms with Gasteiger partial charge in [-0.05, 0) is 30.2 Å². The SMILES string of the molecule is CC1=NCCN(C)C2=C1C(c1ccc3c(c1)OCO3)N(Cc1ccccc1)C2=O. The van der Waals surface area contributed by atoms with Gasteiger partial charge in [-0.1, -0.05) is 36.4 Å². The summed E-state index contributed by atoms with van der Waals surface area (Å²) in [5, 5.41) is 0. The normalized spacial score (nSPS) is 20.7. The number of benzene rings is 2. The van der Waals surface area contributed by atoms with Gasteiger partial charge in [-0.3, -0.25) is 9.79 Å². The molecule has 148 valence electrons. The van der Waals surface area contributed by atoms with E-state index in [4.69, 9.17) is 14.5 Å². The summed E-state index contributed by atoms with van der Waals surface area (Å²) in [6.45, 7) is 4.19. The molecular weight excluding hydrogens is 366 g/mol. The minimum absolute atomic E-state index is 0.0467. The van der Waals surface area contributed by atoms with Gasteiger partial charge in [-0.25, -0.2) is 0 Å². The van der Waals surface area contributed by atoms with Crippen molar-refractivity contribution < 1.29 is 14.3 Å². The van der Waals surface area contributed by atoms with Crippen LogP contribution < -0.4 is 9.47 Å². The molecule has 0 aliphatic carbocycles. The van der Waals surface area contributed by atoms with Crippen molar-refractivity contribution in [1.29, 1.82) is 0 Å². The highest BCUT2D eigenvalue weighted by molar-refractivity contribution is 6.11. The smallest absolute Gasteiger partial charge is 0.271 e. The fourth-order valence-corrected chi connectivity index (χ4v) is 4.33. The van der Waals surface area contributed by atoms with Crippen LogP contribution in [0.4, 0.5) is 0 Å². The number of ether oxygens (including phenoxy) is 2. The molecule has 0 saturated carbocycles. The molecule has 0 bridgehead atoms. The lowest BCUT2D eigenvalue weighted by molar-refractivity contribution is -0.129. The van der Waals surface area contributed by atoms with Crippen molar-refractivity contribution in [3.63, 3.8) is 0 Å². The van der Waals surface area contributed by atoms with Crippen LogP contribution in [0.5, 0.6) is 11.5 Å². The molecule has 3 heterocycles. The van der Waals surface area contributed by atoms with E-state index in [9.17, 15) is 4.79 Å². The van der Waals surface area contributed by atoms with Gasteiger partial charge in [-0.2, -0.15) is 0 Å². The highest BCUT2D eigenvalue weighted by Crippen LogP contribution is 2.44. The molecular formula is C23H23N3O3. The second-order valence-corrected chi connectivity index (χ2v) is 7.58. The fourth-order valence-electron chi connectivity index (χ4n) is 4.33. The van der Waals surface area contributed by atoms with Crippen LogP contribution in [-0.4, -0.2) is 48.3 Å². The third-order valence-corrected chi connectivity index (χ3v) is 5.77. The van der Waals surface area contributed by atoms with Gasteiger partial charge in [0, 0.05) is 31.4 Å². The summed E-state index contributed by atoms with van der Waals surface area (Å²) in [5.41, 5.74) is 4.78. The average molecular weight is 389 g/mol. The molecule has 6 nitrogen and oxygen atoms in total. The summed E-state index contributed by atoms with van der Waals surface area (Å²) < 4.78 is 11.1. The van der Waals surface area contributed by atoms with Crippen LogP contribution in [0.3, 0.4) is 0 Å². The summed E-state index contributed by atoms with van der Waals surface area (Å²) in [6.07, 6.45) is 0. The number of hydrogen-bond acceptors (Lipinski definition) is 5. The van der Waals surface area contributed by atoms with Gasteiger partial charge in [0.1, 0.15) is 5.70 Å². The molecule has 1 amide bonds. The summed E-state index contributed by atoms with van der Waals surface area (Å²) in [5.74, 6) is 1.51. The Morgan fingerprint density at radius 1 is 1.10 bits per heavy atom. The van der Waals surface area contributed by atoms with E-state index < -0.39 is 0 Å². The van der Waals surface area contributed by atoms with Gasteiger partial charge >= 0.3 is 0 Å². The maximum Gasteiger partial charge on any atom is 0.271 e. The molecule has 3 aliphatic heterocycles. The molecule has 29 heavy (non-hydrogen) atoms. The van der Waals surface area contributed by atoms with Crippen LogP contribution in [0, 0.1) is 0 Å². The second kappa shape index (κ2) is 6.95. The summed E-state index contributed by atoms with van der Waals surface area (Å²) >= 11 is 0. The number of rotatable bonds is 3. The zero-order chi connectivity index (χ0) is 20.0. The molecule has 0 radical (unpaired) electrons. The Hall–Kier alpha value is -3.28. The Balaban J connectivity index is 1.63. The van der Waals surface area contributed by atoms with Crippen LogP contribution in [0.15, 0.2) is 64.8 Å². The largest absolute Gasteiger partial charge is 0.454 e. The molecule has 1 atom stereocenters. The maximum atomic E-state index is 13.6. The van der Waals surface area contributed by atoms with Crippen LogP contribution in [0.25, 0.3) is 0 Å². The Morgan fingerprint density at radius 2 is 1.90 bits per heavy atom. The van der Waals surface area contributed by atoms with Gasteiger partial charge in [-0.15, -0.1) is 0 Å². The topological polar surface area (TPSA) is 54.4 Å². The Labute approximate surface area is 170 Å². The average Bonchev–Trinajstić information content (AvgIpc) is 3.26.